The third-order valence-electron chi connectivity index (χ3n) is 4.29. The van der Waals surface area contributed by atoms with Crippen molar-refractivity contribution >= 4 is 17.9 Å². The van der Waals surface area contributed by atoms with Gasteiger partial charge in [0.2, 0.25) is 0 Å². The Morgan fingerprint density at radius 3 is 2.43 bits per heavy atom. The number of hydrogen-bond acceptors (Lipinski definition) is 3. The maximum absolute atomic E-state index is 5.46. The molecule has 21 heavy (non-hydrogen) atoms. The molecule has 4 nitrogen and oxygen atoms in total. The molecule has 3 rings (SSSR count). The van der Waals surface area contributed by atoms with E-state index in [0.717, 1.165) is 16.2 Å². The topological polar surface area (TPSA) is 36.9 Å². The molecule has 0 amide bonds. The van der Waals surface area contributed by atoms with Gasteiger partial charge in [0.15, 0.2) is 10.6 Å². The van der Waals surface area contributed by atoms with Gasteiger partial charge < -0.3 is 4.90 Å². The van der Waals surface area contributed by atoms with Crippen molar-refractivity contribution in [3.63, 3.8) is 0 Å². The van der Waals surface area contributed by atoms with E-state index in [1.165, 1.54) is 37.8 Å². The average Bonchev–Trinajstić information content (AvgIpc) is 2.90. The molecule has 1 aliphatic carbocycles. The largest absolute Gasteiger partial charge is 0.378 e. The van der Waals surface area contributed by atoms with Crippen LogP contribution in [0.2, 0.25) is 0 Å². The Labute approximate surface area is 130 Å². The fraction of sp³-hybridized carbons (Fsp3) is 0.500. The molecule has 0 unspecified atom stereocenters. The van der Waals surface area contributed by atoms with Crippen LogP contribution in [0, 0.1) is 4.77 Å². The van der Waals surface area contributed by atoms with E-state index in [4.69, 9.17) is 12.2 Å². The van der Waals surface area contributed by atoms with Crippen LogP contribution in [-0.4, -0.2) is 28.9 Å². The van der Waals surface area contributed by atoms with Gasteiger partial charge >= 0.3 is 0 Å². The van der Waals surface area contributed by atoms with Crippen LogP contribution in [0.15, 0.2) is 24.3 Å². The van der Waals surface area contributed by atoms with Gasteiger partial charge in [-0.3, -0.25) is 9.67 Å². The number of nitrogens with one attached hydrogen (secondary N) is 1. The molecule has 0 atom stereocenters. The van der Waals surface area contributed by atoms with Crippen LogP contribution in [-0.2, 0) is 0 Å². The molecule has 1 saturated carbocycles. The lowest BCUT2D eigenvalue weighted by Gasteiger charge is -2.24. The van der Waals surface area contributed by atoms with Gasteiger partial charge in [-0.2, -0.15) is 5.10 Å². The maximum atomic E-state index is 5.46. The Morgan fingerprint density at radius 1 is 1.14 bits per heavy atom. The number of aromatic amines is 1. The maximum Gasteiger partial charge on any atom is 0.195 e. The normalized spacial score (nSPS) is 16.1. The first-order valence-corrected chi connectivity index (χ1v) is 8.02. The van der Waals surface area contributed by atoms with Crippen LogP contribution in [0.5, 0.6) is 0 Å². The molecule has 2 aromatic rings. The Morgan fingerprint density at radius 2 is 1.81 bits per heavy atom. The van der Waals surface area contributed by atoms with Gasteiger partial charge in [-0.1, -0.05) is 19.3 Å². The van der Waals surface area contributed by atoms with Crippen LogP contribution in [0.25, 0.3) is 11.4 Å². The van der Waals surface area contributed by atoms with Crippen LogP contribution in [0.1, 0.15) is 38.1 Å². The Bertz CT molecular complexity index is 648. The minimum atomic E-state index is 0.494. The molecule has 0 saturated heterocycles. The van der Waals surface area contributed by atoms with Gasteiger partial charge in [0.1, 0.15) is 0 Å². The summed E-state index contributed by atoms with van der Waals surface area (Å²) in [5.74, 6) is 0.970. The zero-order chi connectivity index (χ0) is 14.8. The van der Waals surface area contributed by atoms with Crippen molar-refractivity contribution in [3.8, 4) is 11.4 Å². The number of nitrogens with zero attached hydrogens (tertiary/aromatic N) is 3. The second kappa shape index (κ2) is 6.02. The summed E-state index contributed by atoms with van der Waals surface area (Å²) in [6, 6.07) is 8.99. The van der Waals surface area contributed by atoms with Gasteiger partial charge in [-0.25, -0.2) is 0 Å². The van der Waals surface area contributed by atoms with Crippen molar-refractivity contribution in [1.29, 1.82) is 0 Å². The van der Waals surface area contributed by atoms with E-state index in [9.17, 15) is 0 Å². The molecule has 1 fully saturated rings. The van der Waals surface area contributed by atoms with Gasteiger partial charge in [0.25, 0.3) is 0 Å². The van der Waals surface area contributed by atoms with Crippen molar-refractivity contribution in [1.82, 2.24) is 14.8 Å². The number of H-pyrrole nitrogens is 1. The van der Waals surface area contributed by atoms with E-state index in [1.54, 1.807) is 0 Å². The number of aromatic nitrogens is 3. The van der Waals surface area contributed by atoms with Crippen molar-refractivity contribution in [2.45, 2.75) is 38.1 Å². The molecule has 1 aromatic heterocycles. The molecular weight excluding hydrogens is 280 g/mol. The van der Waals surface area contributed by atoms with E-state index in [0.29, 0.717) is 6.04 Å². The highest BCUT2D eigenvalue weighted by Crippen LogP contribution is 2.32. The fourth-order valence-electron chi connectivity index (χ4n) is 3.09. The van der Waals surface area contributed by atoms with Crippen molar-refractivity contribution in [2.24, 2.45) is 0 Å². The average molecular weight is 302 g/mol. The molecule has 0 aliphatic heterocycles. The van der Waals surface area contributed by atoms with Gasteiger partial charge in [0.05, 0.1) is 0 Å². The van der Waals surface area contributed by atoms with E-state index in [1.807, 2.05) is 14.1 Å². The summed E-state index contributed by atoms with van der Waals surface area (Å²) < 4.78 is 2.97. The SMILES string of the molecule is CN(C)c1ccc(-c2n[nH]c(=S)n2C2CCCCC2)cc1. The minimum absolute atomic E-state index is 0.494. The molecule has 1 N–H and O–H groups in total. The summed E-state index contributed by atoms with van der Waals surface area (Å²) in [7, 11) is 4.10. The third-order valence-corrected chi connectivity index (χ3v) is 4.57. The summed E-state index contributed by atoms with van der Waals surface area (Å²) in [5.41, 5.74) is 2.32. The fourth-order valence-corrected chi connectivity index (χ4v) is 3.38. The molecule has 0 spiro atoms. The van der Waals surface area contributed by atoms with Crippen molar-refractivity contribution in [3.05, 3.63) is 29.0 Å². The van der Waals surface area contributed by atoms with Crippen LogP contribution in [0.3, 0.4) is 0 Å². The highest BCUT2D eigenvalue weighted by atomic mass is 32.1. The summed E-state index contributed by atoms with van der Waals surface area (Å²) >= 11 is 5.46. The summed E-state index contributed by atoms with van der Waals surface area (Å²) in [6.45, 7) is 0. The Kier molecular flexibility index (Phi) is 4.10. The summed E-state index contributed by atoms with van der Waals surface area (Å²) in [6.07, 6.45) is 6.33. The van der Waals surface area contributed by atoms with Crippen molar-refractivity contribution < 1.29 is 0 Å². The van der Waals surface area contributed by atoms with E-state index < -0.39 is 0 Å². The minimum Gasteiger partial charge on any atom is -0.378 e. The third kappa shape index (κ3) is 2.88. The van der Waals surface area contributed by atoms with E-state index in [2.05, 4.69) is 43.9 Å². The highest BCUT2D eigenvalue weighted by molar-refractivity contribution is 7.71. The van der Waals surface area contributed by atoms with E-state index >= 15 is 0 Å². The molecule has 0 bridgehead atoms. The van der Waals surface area contributed by atoms with Crippen molar-refractivity contribution in [2.75, 3.05) is 19.0 Å². The number of rotatable bonds is 3. The van der Waals surface area contributed by atoms with Crippen LogP contribution in [0.4, 0.5) is 5.69 Å². The molecule has 112 valence electrons. The van der Waals surface area contributed by atoms with Gasteiger partial charge in [0, 0.05) is 31.4 Å². The quantitative estimate of drug-likeness (QED) is 0.864. The monoisotopic (exact) mass is 302 g/mol. The summed E-state index contributed by atoms with van der Waals surface area (Å²) in [5, 5.41) is 7.44. The van der Waals surface area contributed by atoms with Gasteiger partial charge in [-0.15, -0.1) is 0 Å². The molecule has 1 aromatic carbocycles. The lowest BCUT2D eigenvalue weighted by Crippen LogP contribution is -2.14. The highest BCUT2D eigenvalue weighted by Gasteiger charge is 2.20. The zero-order valence-corrected chi connectivity index (χ0v) is 13.5. The number of hydrogen-bond donors (Lipinski definition) is 1. The second-order valence-corrected chi connectivity index (χ2v) is 6.34. The van der Waals surface area contributed by atoms with Gasteiger partial charge in [-0.05, 0) is 49.3 Å². The first-order chi connectivity index (χ1) is 10.2. The Hall–Kier alpha value is -1.62. The molecular formula is C16H22N4S. The molecule has 1 aliphatic rings. The first-order valence-electron chi connectivity index (χ1n) is 7.61. The predicted octanol–water partition coefficient (Wildman–Crippen LogP) is 4.18. The molecule has 1 heterocycles. The Balaban J connectivity index is 1.97. The first kappa shape index (κ1) is 14.3. The lowest BCUT2D eigenvalue weighted by molar-refractivity contribution is 0.352. The standard InChI is InChI=1S/C16H22N4S/c1-19(2)13-10-8-12(9-11-13)15-17-18-16(21)20(15)14-6-4-3-5-7-14/h8-11,14H,3-7H2,1-2H3,(H,18,21). The molecule has 0 radical (unpaired) electrons. The smallest absolute Gasteiger partial charge is 0.195 e. The van der Waals surface area contributed by atoms with Crippen LogP contribution < -0.4 is 4.90 Å². The molecule has 5 heteroatoms. The number of anilines is 1. The van der Waals surface area contributed by atoms with E-state index in [-0.39, 0.29) is 0 Å². The second-order valence-electron chi connectivity index (χ2n) is 5.96. The zero-order valence-electron chi connectivity index (χ0n) is 12.7. The van der Waals surface area contributed by atoms with Crippen LogP contribution >= 0.6 is 12.2 Å². The predicted molar refractivity (Wildman–Crippen MR) is 89.3 cm³/mol. The lowest BCUT2D eigenvalue weighted by atomic mass is 9.95. The summed E-state index contributed by atoms with van der Waals surface area (Å²) in [4.78, 5) is 2.10. The number of benzene rings is 1.